The Morgan fingerprint density at radius 1 is 1.38 bits per heavy atom. The van der Waals surface area contributed by atoms with Gasteiger partial charge in [0.1, 0.15) is 11.9 Å². The molecule has 0 amide bonds. The molecule has 110 valence electrons. The molecule has 1 heterocycles. The first-order valence-corrected chi connectivity index (χ1v) is 7.21. The first-order chi connectivity index (χ1) is 10.1. The van der Waals surface area contributed by atoms with Crippen molar-refractivity contribution in [3.05, 3.63) is 59.2 Å². The van der Waals surface area contributed by atoms with Crippen LogP contribution in [0.5, 0.6) is 0 Å². The van der Waals surface area contributed by atoms with Crippen molar-refractivity contribution in [3.63, 3.8) is 0 Å². The van der Waals surface area contributed by atoms with Gasteiger partial charge in [-0.2, -0.15) is 5.26 Å². The zero-order valence-corrected chi connectivity index (χ0v) is 12.4. The minimum atomic E-state index is -0.466. The van der Waals surface area contributed by atoms with Crippen molar-refractivity contribution < 1.29 is 4.39 Å². The molecule has 2 rings (SSSR count). The summed E-state index contributed by atoms with van der Waals surface area (Å²) < 4.78 is 15.3. The van der Waals surface area contributed by atoms with Crippen LogP contribution in [-0.2, 0) is 6.54 Å². The highest BCUT2D eigenvalue weighted by Gasteiger charge is 2.07. The first kappa shape index (κ1) is 15.3. The number of halogens is 1. The maximum atomic E-state index is 13.3. The lowest BCUT2D eigenvalue weighted by atomic mass is 10.1. The number of nitrogens with zero attached hydrogens (tertiary/aromatic N) is 2. The predicted molar refractivity (Wildman–Crippen MR) is 81.4 cm³/mol. The molecular weight excluding hydrogens is 265 g/mol. The van der Waals surface area contributed by atoms with Gasteiger partial charge in [0.15, 0.2) is 0 Å². The Balaban J connectivity index is 2.07. The van der Waals surface area contributed by atoms with Crippen LogP contribution in [0, 0.1) is 17.1 Å². The van der Waals surface area contributed by atoms with E-state index in [0.717, 1.165) is 18.5 Å². The fraction of sp³-hybridized carbons (Fsp3) is 0.353. The molecule has 0 bridgehead atoms. The fourth-order valence-corrected chi connectivity index (χ4v) is 2.26. The number of aromatic nitrogens is 1. The highest BCUT2D eigenvalue weighted by atomic mass is 19.1. The Morgan fingerprint density at radius 3 is 2.90 bits per heavy atom. The third kappa shape index (κ3) is 3.93. The highest BCUT2D eigenvalue weighted by molar-refractivity contribution is 5.34. The van der Waals surface area contributed by atoms with Gasteiger partial charge in [-0.3, -0.25) is 0 Å². The Bertz CT molecular complexity index is 640. The first-order valence-electron chi connectivity index (χ1n) is 7.21. The Labute approximate surface area is 125 Å². The summed E-state index contributed by atoms with van der Waals surface area (Å²) in [7, 11) is 0. The lowest BCUT2D eigenvalue weighted by Gasteiger charge is -2.11. The second-order valence-electron chi connectivity index (χ2n) is 5.22. The van der Waals surface area contributed by atoms with Gasteiger partial charge in [-0.15, -0.1) is 0 Å². The molecule has 0 aliphatic rings. The Morgan fingerprint density at radius 2 is 2.19 bits per heavy atom. The van der Waals surface area contributed by atoms with E-state index < -0.39 is 5.82 Å². The molecule has 0 saturated heterocycles. The van der Waals surface area contributed by atoms with Crippen molar-refractivity contribution in [2.45, 2.75) is 32.9 Å². The lowest BCUT2D eigenvalue weighted by Crippen LogP contribution is -2.18. The molecule has 1 unspecified atom stereocenters. The minimum absolute atomic E-state index is 0.0952. The predicted octanol–water partition coefficient (Wildman–Crippen LogP) is 3.61. The molecule has 1 N–H and O–H groups in total. The van der Waals surface area contributed by atoms with Crippen molar-refractivity contribution >= 4 is 0 Å². The molecule has 0 fully saturated rings. The molecule has 1 atom stereocenters. The van der Waals surface area contributed by atoms with Crippen molar-refractivity contribution in [2.75, 3.05) is 6.54 Å². The van der Waals surface area contributed by atoms with E-state index in [0.29, 0.717) is 12.6 Å². The fourth-order valence-electron chi connectivity index (χ4n) is 2.26. The third-order valence-corrected chi connectivity index (χ3v) is 3.49. The van der Waals surface area contributed by atoms with E-state index in [-0.39, 0.29) is 5.56 Å². The molecule has 1 aromatic carbocycles. The monoisotopic (exact) mass is 285 g/mol. The zero-order chi connectivity index (χ0) is 15.2. The standard InChI is InChI=1S/C17H20FN3/c1-3-7-20-13(2)15-6-8-21(12-15)11-14-4-5-17(18)16(9-14)10-19/h4-6,8-9,12-13,20H,3,7,11H2,1-2H3. The van der Waals surface area contributed by atoms with Crippen molar-refractivity contribution in [2.24, 2.45) is 0 Å². The normalized spacial score (nSPS) is 12.1. The van der Waals surface area contributed by atoms with Gasteiger partial charge in [-0.05, 0) is 49.2 Å². The van der Waals surface area contributed by atoms with Crippen molar-refractivity contribution in [1.82, 2.24) is 9.88 Å². The van der Waals surface area contributed by atoms with Crippen LogP contribution < -0.4 is 5.32 Å². The van der Waals surface area contributed by atoms with E-state index >= 15 is 0 Å². The molecule has 21 heavy (non-hydrogen) atoms. The van der Waals surface area contributed by atoms with Crippen LogP contribution in [0.1, 0.15) is 43.0 Å². The average molecular weight is 285 g/mol. The summed E-state index contributed by atoms with van der Waals surface area (Å²) in [6.07, 6.45) is 5.20. The van der Waals surface area contributed by atoms with Crippen molar-refractivity contribution in [3.8, 4) is 6.07 Å². The van der Waals surface area contributed by atoms with Crippen LogP contribution in [0.25, 0.3) is 0 Å². The smallest absolute Gasteiger partial charge is 0.140 e. The van der Waals surface area contributed by atoms with Gasteiger partial charge >= 0.3 is 0 Å². The average Bonchev–Trinajstić information content (AvgIpc) is 2.95. The van der Waals surface area contributed by atoms with Crippen LogP contribution in [0.2, 0.25) is 0 Å². The molecule has 3 nitrogen and oxygen atoms in total. The number of hydrogen-bond donors (Lipinski definition) is 1. The Hall–Kier alpha value is -2.12. The van der Waals surface area contributed by atoms with Gasteiger partial charge in [0, 0.05) is 25.0 Å². The molecule has 0 spiro atoms. The minimum Gasteiger partial charge on any atom is -0.350 e. The highest BCUT2D eigenvalue weighted by Crippen LogP contribution is 2.15. The molecule has 4 heteroatoms. The quantitative estimate of drug-likeness (QED) is 0.881. The summed E-state index contributed by atoms with van der Waals surface area (Å²) in [5, 5.41) is 12.3. The molecule has 0 aliphatic carbocycles. The maximum absolute atomic E-state index is 13.3. The van der Waals surface area contributed by atoms with Crippen LogP contribution >= 0.6 is 0 Å². The van der Waals surface area contributed by atoms with Crippen LogP contribution in [-0.4, -0.2) is 11.1 Å². The van der Waals surface area contributed by atoms with E-state index in [2.05, 4.69) is 31.4 Å². The van der Waals surface area contributed by atoms with Gasteiger partial charge in [-0.1, -0.05) is 13.0 Å². The van der Waals surface area contributed by atoms with E-state index in [1.54, 1.807) is 12.1 Å². The van der Waals surface area contributed by atoms with E-state index in [9.17, 15) is 4.39 Å². The van der Waals surface area contributed by atoms with Crippen LogP contribution in [0.3, 0.4) is 0 Å². The molecule has 0 aliphatic heterocycles. The summed E-state index contributed by atoms with van der Waals surface area (Å²) in [6.45, 7) is 5.92. The molecule has 0 saturated carbocycles. The third-order valence-electron chi connectivity index (χ3n) is 3.49. The SMILES string of the molecule is CCCNC(C)c1ccn(Cc2ccc(F)c(C#N)c2)c1. The zero-order valence-electron chi connectivity index (χ0n) is 12.4. The maximum Gasteiger partial charge on any atom is 0.140 e. The molecule has 1 aromatic heterocycles. The number of nitrogens with one attached hydrogen (secondary N) is 1. The van der Waals surface area contributed by atoms with E-state index in [1.807, 2.05) is 16.8 Å². The van der Waals surface area contributed by atoms with Gasteiger partial charge in [0.25, 0.3) is 0 Å². The van der Waals surface area contributed by atoms with Crippen LogP contribution in [0.15, 0.2) is 36.7 Å². The number of nitriles is 1. The van der Waals surface area contributed by atoms with Gasteiger partial charge in [0.05, 0.1) is 5.56 Å². The Kier molecular flexibility index (Phi) is 5.13. The van der Waals surface area contributed by atoms with E-state index in [4.69, 9.17) is 5.26 Å². The number of benzene rings is 1. The molecule has 0 radical (unpaired) electrons. The summed E-state index contributed by atoms with van der Waals surface area (Å²) in [4.78, 5) is 0. The van der Waals surface area contributed by atoms with Crippen molar-refractivity contribution in [1.29, 1.82) is 5.26 Å². The van der Waals surface area contributed by atoms with Gasteiger partial charge in [0.2, 0.25) is 0 Å². The molecular formula is C17H20FN3. The summed E-state index contributed by atoms with van der Waals surface area (Å²) in [5.74, 6) is -0.466. The van der Waals surface area contributed by atoms with Gasteiger partial charge in [-0.25, -0.2) is 4.39 Å². The second-order valence-corrected chi connectivity index (χ2v) is 5.22. The molecule has 2 aromatic rings. The second kappa shape index (κ2) is 7.05. The number of hydrogen-bond acceptors (Lipinski definition) is 2. The summed E-state index contributed by atoms with van der Waals surface area (Å²) >= 11 is 0. The lowest BCUT2D eigenvalue weighted by molar-refractivity contribution is 0.569. The largest absolute Gasteiger partial charge is 0.350 e. The topological polar surface area (TPSA) is 40.8 Å². The van der Waals surface area contributed by atoms with E-state index in [1.165, 1.54) is 11.6 Å². The van der Waals surface area contributed by atoms with Gasteiger partial charge < -0.3 is 9.88 Å². The van der Waals surface area contributed by atoms with Crippen LogP contribution in [0.4, 0.5) is 4.39 Å². The summed E-state index contributed by atoms with van der Waals surface area (Å²) in [5.41, 5.74) is 2.24. The summed E-state index contributed by atoms with van der Waals surface area (Å²) in [6, 6.07) is 8.95. The number of rotatable bonds is 6.